The Bertz CT molecular complexity index is 1050. The number of rotatable bonds is 12. The lowest BCUT2D eigenvalue weighted by molar-refractivity contribution is 0.324. The first-order chi connectivity index (χ1) is 17.1. The van der Waals surface area contributed by atoms with E-state index in [1.807, 2.05) is 0 Å². The fourth-order valence-electron chi connectivity index (χ4n) is 3.14. The molecule has 0 unspecified atom stereocenters. The molecular weight excluding hydrogens is 456 g/mol. The van der Waals surface area contributed by atoms with Crippen molar-refractivity contribution in [3.05, 3.63) is 41.5 Å². The minimum atomic E-state index is 0.485. The van der Waals surface area contributed by atoms with Crippen molar-refractivity contribution in [2.75, 3.05) is 53.5 Å². The Morgan fingerprint density at radius 1 is 0.629 bits per heavy atom. The van der Waals surface area contributed by atoms with Crippen molar-refractivity contribution in [3.63, 3.8) is 0 Å². The number of nitrogens with one attached hydrogen (secondary N) is 3. The highest BCUT2D eigenvalue weighted by Gasteiger charge is 2.13. The van der Waals surface area contributed by atoms with Crippen molar-refractivity contribution in [1.29, 1.82) is 0 Å². The SMILES string of the molecule is COc1cc(/C=N/Nc2cc(N/N=C/c3cc(OC)c(OC)c(OC)c3)[nH]n2)cc(OC)c1OC. The highest BCUT2D eigenvalue weighted by molar-refractivity contribution is 5.83. The van der Waals surface area contributed by atoms with Crippen LogP contribution in [0.1, 0.15) is 11.1 Å². The van der Waals surface area contributed by atoms with Crippen molar-refractivity contribution < 1.29 is 28.4 Å². The van der Waals surface area contributed by atoms with Crippen molar-refractivity contribution in [2.45, 2.75) is 0 Å². The molecule has 0 spiro atoms. The van der Waals surface area contributed by atoms with Gasteiger partial charge in [-0.05, 0) is 24.3 Å². The van der Waals surface area contributed by atoms with E-state index in [0.29, 0.717) is 46.1 Å². The lowest BCUT2D eigenvalue weighted by Crippen LogP contribution is -1.97. The Morgan fingerprint density at radius 3 is 1.46 bits per heavy atom. The first-order valence-electron chi connectivity index (χ1n) is 10.3. The van der Waals surface area contributed by atoms with Gasteiger partial charge in [-0.3, -0.25) is 16.0 Å². The number of methoxy groups -OCH3 is 6. The maximum absolute atomic E-state index is 5.35. The third kappa shape index (κ3) is 6.05. The lowest BCUT2D eigenvalue weighted by Gasteiger charge is -2.12. The van der Waals surface area contributed by atoms with E-state index < -0.39 is 0 Å². The van der Waals surface area contributed by atoms with E-state index in [9.17, 15) is 0 Å². The summed E-state index contributed by atoms with van der Waals surface area (Å²) in [4.78, 5) is 0. The summed E-state index contributed by atoms with van der Waals surface area (Å²) < 4.78 is 32.0. The number of nitrogens with zero attached hydrogens (tertiary/aromatic N) is 3. The number of hydrogen-bond acceptors (Lipinski definition) is 11. The average molecular weight is 485 g/mol. The zero-order valence-electron chi connectivity index (χ0n) is 20.3. The third-order valence-corrected chi connectivity index (χ3v) is 4.74. The summed E-state index contributed by atoms with van der Waals surface area (Å²) in [5, 5.41) is 15.4. The van der Waals surface area contributed by atoms with E-state index in [1.165, 1.54) is 0 Å². The number of ether oxygens (including phenoxy) is 6. The zero-order chi connectivity index (χ0) is 25.2. The van der Waals surface area contributed by atoms with Gasteiger partial charge in [0.05, 0.1) is 55.1 Å². The zero-order valence-corrected chi connectivity index (χ0v) is 20.3. The van der Waals surface area contributed by atoms with Crippen LogP contribution in [0.15, 0.2) is 40.5 Å². The van der Waals surface area contributed by atoms with Crippen LogP contribution < -0.4 is 39.3 Å². The molecular formula is C23H28N6O6. The van der Waals surface area contributed by atoms with Gasteiger partial charge in [0, 0.05) is 17.2 Å². The molecule has 35 heavy (non-hydrogen) atoms. The molecule has 0 aliphatic rings. The molecule has 1 heterocycles. The molecule has 186 valence electrons. The Balaban J connectivity index is 1.64. The Hall–Kier alpha value is -4.61. The predicted octanol–water partition coefficient (Wildman–Crippen LogP) is 3.35. The molecule has 0 saturated carbocycles. The monoisotopic (exact) mass is 484 g/mol. The Labute approximate surface area is 202 Å². The summed E-state index contributed by atoms with van der Waals surface area (Å²) in [6.45, 7) is 0. The molecule has 3 rings (SSSR count). The van der Waals surface area contributed by atoms with E-state index in [4.69, 9.17) is 28.4 Å². The maximum atomic E-state index is 5.35. The van der Waals surface area contributed by atoms with Gasteiger partial charge in [-0.15, -0.1) is 0 Å². The number of aromatic nitrogens is 2. The van der Waals surface area contributed by atoms with Crippen LogP contribution in [0, 0.1) is 0 Å². The van der Waals surface area contributed by atoms with Crippen LogP contribution in [0.2, 0.25) is 0 Å². The predicted molar refractivity (Wildman–Crippen MR) is 133 cm³/mol. The second-order valence-electron chi connectivity index (χ2n) is 6.82. The minimum absolute atomic E-state index is 0.485. The smallest absolute Gasteiger partial charge is 0.203 e. The molecule has 0 bridgehead atoms. The highest BCUT2D eigenvalue weighted by Crippen LogP contribution is 2.38. The number of aromatic amines is 1. The van der Waals surface area contributed by atoms with Gasteiger partial charge in [0.2, 0.25) is 11.5 Å². The average Bonchev–Trinajstić information content (AvgIpc) is 3.34. The van der Waals surface area contributed by atoms with E-state index in [2.05, 4.69) is 31.3 Å². The first kappa shape index (κ1) is 25.0. The normalized spacial score (nSPS) is 10.9. The standard InChI is InChI=1S/C23H28N6O6/c1-30-16-7-14(8-17(31-2)22(16)34-5)12-24-26-20-11-21(29-28-20)27-25-13-15-9-18(32-3)23(35-6)19(10-15)33-4/h7-13H,1-6H3,(H3,26,27,28,29)/b24-12+,25-13+. The molecule has 0 amide bonds. The van der Waals surface area contributed by atoms with Gasteiger partial charge in [0.25, 0.3) is 0 Å². The summed E-state index contributed by atoms with van der Waals surface area (Å²) in [5.74, 6) is 4.19. The molecule has 0 atom stereocenters. The first-order valence-corrected chi connectivity index (χ1v) is 10.3. The summed E-state index contributed by atoms with van der Waals surface area (Å²) in [5.41, 5.74) is 7.21. The second-order valence-corrected chi connectivity index (χ2v) is 6.82. The van der Waals surface area contributed by atoms with Crippen LogP contribution in [-0.4, -0.2) is 65.3 Å². The van der Waals surface area contributed by atoms with Crippen LogP contribution in [0.5, 0.6) is 34.5 Å². The molecule has 2 aromatic carbocycles. The summed E-state index contributed by atoms with van der Waals surface area (Å²) in [6.07, 6.45) is 3.22. The molecule has 1 aromatic heterocycles. The Morgan fingerprint density at radius 2 is 1.06 bits per heavy atom. The van der Waals surface area contributed by atoms with E-state index in [-0.39, 0.29) is 0 Å². The van der Waals surface area contributed by atoms with Gasteiger partial charge in [-0.1, -0.05) is 0 Å². The quantitative estimate of drug-likeness (QED) is 0.261. The number of hydrazone groups is 2. The number of benzene rings is 2. The van der Waals surface area contributed by atoms with Crippen molar-refractivity contribution in [1.82, 2.24) is 10.2 Å². The molecule has 3 aromatic rings. The van der Waals surface area contributed by atoms with Gasteiger partial charge in [0.15, 0.2) is 28.8 Å². The van der Waals surface area contributed by atoms with Gasteiger partial charge >= 0.3 is 0 Å². The largest absolute Gasteiger partial charge is 0.493 e. The van der Waals surface area contributed by atoms with Crippen LogP contribution in [0.4, 0.5) is 11.6 Å². The minimum Gasteiger partial charge on any atom is -0.493 e. The highest BCUT2D eigenvalue weighted by atomic mass is 16.5. The van der Waals surface area contributed by atoms with E-state index in [0.717, 1.165) is 11.1 Å². The second kappa shape index (κ2) is 12.0. The number of hydrogen-bond donors (Lipinski definition) is 3. The van der Waals surface area contributed by atoms with Crippen molar-refractivity contribution in [3.8, 4) is 34.5 Å². The van der Waals surface area contributed by atoms with E-state index >= 15 is 0 Å². The molecule has 0 fully saturated rings. The fraction of sp³-hybridized carbons (Fsp3) is 0.261. The molecule has 0 aliphatic heterocycles. The summed E-state index contributed by atoms with van der Waals surface area (Å²) >= 11 is 0. The molecule has 12 nitrogen and oxygen atoms in total. The van der Waals surface area contributed by atoms with Gasteiger partial charge in [-0.25, -0.2) is 0 Å². The van der Waals surface area contributed by atoms with Crippen molar-refractivity contribution >= 4 is 24.1 Å². The maximum Gasteiger partial charge on any atom is 0.203 e. The van der Waals surface area contributed by atoms with Gasteiger partial charge in [-0.2, -0.15) is 15.3 Å². The lowest BCUT2D eigenvalue weighted by atomic mass is 10.2. The van der Waals surface area contributed by atoms with Crippen molar-refractivity contribution in [2.24, 2.45) is 10.2 Å². The summed E-state index contributed by atoms with van der Waals surface area (Å²) in [7, 11) is 9.32. The molecule has 0 saturated heterocycles. The van der Waals surface area contributed by atoms with E-state index in [1.54, 1.807) is 85.4 Å². The van der Waals surface area contributed by atoms with Crippen LogP contribution >= 0.6 is 0 Å². The van der Waals surface area contributed by atoms with Crippen LogP contribution in [0.25, 0.3) is 0 Å². The van der Waals surface area contributed by atoms with Crippen LogP contribution in [0.3, 0.4) is 0 Å². The van der Waals surface area contributed by atoms with Gasteiger partial charge < -0.3 is 28.4 Å². The summed E-state index contributed by atoms with van der Waals surface area (Å²) in [6, 6.07) is 8.83. The number of anilines is 2. The fourth-order valence-corrected chi connectivity index (χ4v) is 3.14. The topological polar surface area (TPSA) is 133 Å². The van der Waals surface area contributed by atoms with Gasteiger partial charge in [0.1, 0.15) is 5.82 Å². The molecule has 0 aliphatic carbocycles. The molecule has 3 N–H and O–H groups in total. The number of H-pyrrole nitrogens is 1. The molecule has 0 radical (unpaired) electrons. The molecule has 12 heteroatoms. The Kier molecular flexibility index (Phi) is 8.59. The third-order valence-electron chi connectivity index (χ3n) is 4.74. The van der Waals surface area contributed by atoms with Crippen LogP contribution in [-0.2, 0) is 0 Å².